The van der Waals surface area contributed by atoms with Crippen LogP contribution in [0.3, 0.4) is 0 Å². The second-order valence-electron chi connectivity index (χ2n) is 12.0. The van der Waals surface area contributed by atoms with Crippen LogP contribution in [0.25, 0.3) is 10.8 Å². The third-order valence-corrected chi connectivity index (χ3v) is 8.12. The molecular weight excluding hydrogens is 540 g/mol. The molecule has 0 spiro atoms. The zero-order valence-electron chi connectivity index (χ0n) is 25.8. The third kappa shape index (κ3) is 8.99. The van der Waals surface area contributed by atoms with E-state index in [1.54, 1.807) is 18.0 Å². The zero-order chi connectivity index (χ0) is 31.6. The Morgan fingerprint density at radius 2 is 1.56 bits per heavy atom. The number of likely N-dealkylation sites (N-methyl/N-ethyl adjacent to an activating group) is 1. The fraction of sp³-hybridized carbons (Fsp3) is 0.400. The van der Waals surface area contributed by atoms with Crippen molar-refractivity contribution in [2.24, 2.45) is 16.9 Å². The monoisotopic (exact) mass is 586 g/mol. The second-order valence-corrected chi connectivity index (χ2v) is 12.0. The third-order valence-electron chi connectivity index (χ3n) is 8.12. The Hall–Kier alpha value is -4.01. The van der Waals surface area contributed by atoms with Crippen molar-refractivity contribution in [2.75, 3.05) is 27.2 Å². The van der Waals surface area contributed by atoms with Crippen LogP contribution in [-0.2, 0) is 27.2 Å². The van der Waals surface area contributed by atoms with Crippen LogP contribution in [0, 0.1) is 5.41 Å². The number of carboxylic acid groups (broad SMARTS) is 1. The highest BCUT2D eigenvalue weighted by Crippen LogP contribution is 2.36. The van der Waals surface area contributed by atoms with Gasteiger partial charge in [-0.3, -0.25) is 14.4 Å². The van der Waals surface area contributed by atoms with Crippen LogP contribution in [0.2, 0.25) is 0 Å². The molecule has 0 bridgehead atoms. The van der Waals surface area contributed by atoms with Gasteiger partial charge in [0.1, 0.15) is 6.04 Å². The van der Waals surface area contributed by atoms with E-state index in [1.807, 2.05) is 80.6 Å². The van der Waals surface area contributed by atoms with E-state index in [0.717, 1.165) is 21.9 Å². The lowest BCUT2D eigenvalue weighted by molar-refractivity contribution is -0.155. The molecule has 230 valence electrons. The van der Waals surface area contributed by atoms with E-state index in [-0.39, 0.29) is 11.8 Å². The Balaban J connectivity index is 0.00000248. The molecule has 5 N–H and O–H groups in total. The molecule has 1 aliphatic heterocycles. The number of carboxylic acids is 1. The fourth-order valence-corrected chi connectivity index (χ4v) is 5.53. The van der Waals surface area contributed by atoms with Crippen molar-refractivity contribution in [1.29, 1.82) is 0 Å². The van der Waals surface area contributed by atoms with Gasteiger partial charge in [0.05, 0.1) is 5.41 Å². The summed E-state index contributed by atoms with van der Waals surface area (Å²) in [6.07, 6.45) is 5.26. The lowest BCUT2D eigenvalue weighted by Crippen LogP contribution is -2.54. The van der Waals surface area contributed by atoms with Gasteiger partial charge in [-0.1, -0.05) is 78.9 Å². The van der Waals surface area contributed by atoms with Gasteiger partial charge in [-0.15, -0.1) is 0 Å². The minimum Gasteiger partial charge on any atom is -0.481 e. The highest BCUT2D eigenvalue weighted by atomic mass is 16.4. The van der Waals surface area contributed by atoms with Gasteiger partial charge in [0.25, 0.3) is 0 Å². The first-order valence-corrected chi connectivity index (χ1v) is 14.8. The molecule has 8 heteroatoms. The molecule has 3 aromatic rings. The van der Waals surface area contributed by atoms with Gasteiger partial charge in [-0.05, 0) is 74.6 Å². The number of fused-ring (bicyclic) bond motifs is 1. The zero-order valence-corrected chi connectivity index (χ0v) is 25.8. The Morgan fingerprint density at radius 1 is 0.953 bits per heavy atom. The molecule has 0 radical (unpaired) electrons. The number of hydrogen-bond donors (Lipinski definition) is 3. The molecule has 8 nitrogen and oxygen atoms in total. The smallest absolute Gasteiger partial charge is 0.310 e. The number of benzene rings is 3. The van der Waals surface area contributed by atoms with Crippen molar-refractivity contribution in [3.05, 3.63) is 96.1 Å². The largest absolute Gasteiger partial charge is 0.481 e. The van der Waals surface area contributed by atoms with Crippen molar-refractivity contribution in [1.82, 2.24) is 9.80 Å². The molecule has 3 aromatic carbocycles. The Kier molecular flexibility index (Phi) is 11.6. The summed E-state index contributed by atoms with van der Waals surface area (Å²) in [6, 6.07) is 23.0. The average Bonchev–Trinajstić information content (AvgIpc) is 3.00. The second kappa shape index (κ2) is 14.9. The van der Waals surface area contributed by atoms with E-state index in [2.05, 4.69) is 11.8 Å². The van der Waals surface area contributed by atoms with Crippen molar-refractivity contribution in [3.8, 4) is 0 Å². The number of nitrogens with zero attached hydrogens (tertiary/aromatic N) is 2. The first-order chi connectivity index (χ1) is 20.5. The van der Waals surface area contributed by atoms with Crippen LogP contribution >= 0.6 is 0 Å². The van der Waals surface area contributed by atoms with Crippen molar-refractivity contribution >= 4 is 28.6 Å². The minimum atomic E-state index is -0.925. The summed E-state index contributed by atoms with van der Waals surface area (Å²) in [6.45, 7) is 4.43. The first-order valence-electron chi connectivity index (χ1n) is 14.8. The predicted octanol–water partition coefficient (Wildman–Crippen LogP) is 4.40. The molecule has 0 saturated carbocycles. The summed E-state index contributed by atoms with van der Waals surface area (Å²) in [4.78, 5) is 42.9. The molecule has 1 aliphatic rings. The summed E-state index contributed by atoms with van der Waals surface area (Å²) in [5.74, 6) is -1.27. The van der Waals surface area contributed by atoms with Crippen LogP contribution < -0.4 is 11.5 Å². The van der Waals surface area contributed by atoms with Gasteiger partial charge in [-0.25, -0.2) is 0 Å². The van der Waals surface area contributed by atoms with Gasteiger partial charge in [0.15, 0.2) is 0 Å². The first kappa shape index (κ1) is 33.5. The van der Waals surface area contributed by atoms with Crippen molar-refractivity contribution in [2.45, 2.75) is 57.5 Å². The van der Waals surface area contributed by atoms with Crippen LogP contribution in [0.5, 0.6) is 0 Å². The van der Waals surface area contributed by atoms with Crippen LogP contribution in [0.15, 0.2) is 84.9 Å². The van der Waals surface area contributed by atoms with Gasteiger partial charge in [0, 0.05) is 32.1 Å². The van der Waals surface area contributed by atoms with Crippen molar-refractivity contribution in [3.63, 3.8) is 0 Å². The number of hydrogen-bond acceptors (Lipinski definition) is 5. The topological polar surface area (TPSA) is 130 Å². The molecule has 2 amide bonds. The molecule has 1 fully saturated rings. The number of aliphatic carboxylic acids is 1. The van der Waals surface area contributed by atoms with E-state index in [9.17, 15) is 19.5 Å². The highest BCUT2D eigenvalue weighted by Gasteiger charge is 2.43. The van der Waals surface area contributed by atoms with Gasteiger partial charge < -0.3 is 26.4 Å². The average molecular weight is 587 g/mol. The molecule has 43 heavy (non-hydrogen) atoms. The number of likely N-dealkylation sites (tertiary alicyclic amines) is 1. The molecule has 4 rings (SSSR count). The molecule has 1 saturated heterocycles. The van der Waals surface area contributed by atoms with Gasteiger partial charge in [0.2, 0.25) is 11.8 Å². The lowest BCUT2D eigenvalue weighted by Gasteiger charge is -2.41. The van der Waals surface area contributed by atoms with Crippen LogP contribution in [-0.4, -0.2) is 71.5 Å². The minimum absolute atomic E-state index is 0.166. The normalized spacial score (nSPS) is 15.4. The standard InChI is InChI=1S/C34H41N3O4.CH5N/c1-33(2,35)17-9-14-30(38)36(3)29(23-26-15-16-27-12-7-8-13-28(27)22-26)31(39)37-20-18-34(19-21-37,32(40)41)24-25-10-5-4-6-11-25;1-2/h4-16,22,29H,17-21,23-24,35H2,1-3H3,(H,40,41);2H2,1H3/b14-9+;/t29-;/m1./s1. The molecule has 1 atom stereocenters. The quantitative estimate of drug-likeness (QED) is 0.302. The SMILES string of the molecule is CN.CN(C(=O)/C=C/CC(C)(C)N)[C@H](Cc1ccc2ccccc2c1)C(=O)N1CCC(Cc2ccccc2)(C(=O)O)CC1. The number of carbonyl (C=O) groups excluding carboxylic acids is 2. The Bertz CT molecular complexity index is 1410. The summed E-state index contributed by atoms with van der Waals surface area (Å²) in [5.41, 5.74) is 11.1. The Morgan fingerprint density at radius 3 is 2.16 bits per heavy atom. The van der Waals surface area contributed by atoms with Crippen LogP contribution in [0.4, 0.5) is 0 Å². The predicted molar refractivity (Wildman–Crippen MR) is 172 cm³/mol. The number of nitrogens with two attached hydrogens (primary N) is 2. The maximum atomic E-state index is 14.0. The highest BCUT2D eigenvalue weighted by molar-refractivity contribution is 5.93. The van der Waals surface area contributed by atoms with E-state index in [0.29, 0.717) is 45.2 Å². The summed E-state index contributed by atoms with van der Waals surface area (Å²) in [7, 11) is 3.16. The van der Waals surface area contributed by atoms with Crippen molar-refractivity contribution < 1.29 is 19.5 Å². The lowest BCUT2D eigenvalue weighted by atomic mass is 9.73. The van der Waals surface area contributed by atoms with E-state index < -0.39 is 23.0 Å². The fourth-order valence-electron chi connectivity index (χ4n) is 5.53. The number of amides is 2. The number of rotatable bonds is 10. The maximum Gasteiger partial charge on any atom is 0.310 e. The molecule has 0 aliphatic carbocycles. The van der Waals surface area contributed by atoms with E-state index in [4.69, 9.17) is 5.73 Å². The number of piperidine rings is 1. The molecule has 0 aromatic heterocycles. The summed E-state index contributed by atoms with van der Waals surface area (Å²) in [5, 5.41) is 12.4. The molecular formula is C35H46N4O4. The molecule has 1 heterocycles. The summed E-state index contributed by atoms with van der Waals surface area (Å²) < 4.78 is 0. The molecule has 0 unspecified atom stereocenters. The van der Waals surface area contributed by atoms with E-state index >= 15 is 0 Å². The number of carbonyl (C=O) groups is 3. The van der Waals surface area contributed by atoms with Gasteiger partial charge >= 0.3 is 5.97 Å². The Labute approximate surface area is 255 Å². The maximum absolute atomic E-state index is 14.0. The summed E-state index contributed by atoms with van der Waals surface area (Å²) >= 11 is 0. The van der Waals surface area contributed by atoms with Gasteiger partial charge in [-0.2, -0.15) is 0 Å². The van der Waals surface area contributed by atoms with Crippen LogP contribution in [0.1, 0.15) is 44.2 Å². The van der Waals surface area contributed by atoms with E-state index in [1.165, 1.54) is 18.0 Å².